The molecular weight excluding hydrogens is 416 g/mol. The van der Waals surface area contributed by atoms with Crippen molar-refractivity contribution in [2.75, 3.05) is 12.0 Å². The second-order valence-electron chi connectivity index (χ2n) is 7.36. The summed E-state index contributed by atoms with van der Waals surface area (Å²) < 4.78 is 29.6. The van der Waals surface area contributed by atoms with E-state index in [1.54, 1.807) is 37.4 Å². The van der Waals surface area contributed by atoms with Crippen LogP contribution >= 0.6 is 0 Å². The van der Waals surface area contributed by atoms with Crippen LogP contribution in [0.25, 0.3) is 10.9 Å². The third-order valence-corrected chi connectivity index (χ3v) is 5.82. The average molecular weight is 441 g/mol. The molecule has 0 spiro atoms. The van der Waals surface area contributed by atoms with Crippen molar-refractivity contribution in [1.29, 1.82) is 0 Å². The molecule has 0 aliphatic rings. The van der Waals surface area contributed by atoms with Crippen molar-refractivity contribution in [3.05, 3.63) is 59.8 Å². The molecule has 2 aromatic carbocycles. The van der Waals surface area contributed by atoms with Gasteiger partial charge in [-0.05, 0) is 42.3 Å². The first kappa shape index (κ1) is 22.4. The van der Waals surface area contributed by atoms with Gasteiger partial charge in [-0.25, -0.2) is 8.42 Å². The number of fused-ring (bicyclic) bond motifs is 1. The Morgan fingerprint density at radius 1 is 1.19 bits per heavy atom. The lowest BCUT2D eigenvalue weighted by molar-refractivity contribution is -0.137. The van der Waals surface area contributed by atoms with Crippen molar-refractivity contribution in [3.8, 4) is 17.6 Å². The summed E-state index contributed by atoms with van der Waals surface area (Å²) in [6.45, 7) is 1.68. The van der Waals surface area contributed by atoms with E-state index in [4.69, 9.17) is 9.84 Å². The number of hydrogen-bond donors (Lipinski definition) is 2. The SMILES string of the molecule is CC#CC(CC(=O)O)c1ccc(O[C@@H](CCS(C)(=O)=O)c2ccc3[nH]ncc3c2)cc1. The minimum Gasteiger partial charge on any atom is -0.486 e. The van der Waals surface area contributed by atoms with Crippen LogP contribution in [0.2, 0.25) is 0 Å². The van der Waals surface area contributed by atoms with Crippen LogP contribution in [0.4, 0.5) is 0 Å². The molecular formula is C23H24N2O5S. The maximum Gasteiger partial charge on any atom is 0.304 e. The Bertz CT molecular complexity index is 1220. The van der Waals surface area contributed by atoms with Crippen molar-refractivity contribution < 1.29 is 23.1 Å². The molecule has 0 radical (unpaired) electrons. The summed E-state index contributed by atoms with van der Waals surface area (Å²) in [6, 6.07) is 12.8. The molecule has 0 saturated carbocycles. The largest absolute Gasteiger partial charge is 0.486 e. The molecule has 1 heterocycles. The third kappa shape index (κ3) is 6.33. The quantitative estimate of drug-likeness (QED) is 0.491. The number of H-pyrrole nitrogens is 1. The standard InChI is InChI=1S/C23H24N2O5S/c1-3-4-17(14-23(26)27)16-5-8-20(9-6-16)30-22(11-12-31(2,28)29)18-7-10-21-19(13-18)15-24-25-21/h5-10,13,15,17,22H,11-12,14H2,1-2H3,(H,24,25)(H,26,27)/t17?,22-/m0/s1. The smallest absolute Gasteiger partial charge is 0.304 e. The molecule has 0 bridgehead atoms. The number of carboxylic acids is 1. The zero-order valence-corrected chi connectivity index (χ0v) is 18.1. The van der Waals surface area contributed by atoms with E-state index in [1.807, 2.05) is 18.2 Å². The zero-order valence-electron chi connectivity index (χ0n) is 17.3. The number of sulfone groups is 1. The van der Waals surface area contributed by atoms with Crippen LogP contribution in [0.3, 0.4) is 0 Å². The first-order valence-corrected chi connectivity index (χ1v) is 11.8. The predicted octanol–water partition coefficient (Wildman–Crippen LogP) is 3.70. The van der Waals surface area contributed by atoms with E-state index < -0.39 is 27.8 Å². The van der Waals surface area contributed by atoms with Gasteiger partial charge in [-0.15, -0.1) is 5.92 Å². The molecule has 7 nitrogen and oxygen atoms in total. The summed E-state index contributed by atoms with van der Waals surface area (Å²) in [6.07, 6.45) is 2.66. The number of nitrogens with zero attached hydrogens (tertiary/aromatic N) is 1. The minimum absolute atomic E-state index is 0.00799. The highest BCUT2D eigenvalue weighted by atomic mass is 32.2. The molecule has 31 heavy (non-hydrogen) atoms. The number of nitrogens with one attached hydrogen (secondary N) is 1. The molecule has 0 aliphatic heterocycles. The summed E-state index contributed by atoms with van der Waals surface area (Å²) in [5, 5.41) is 16.9. The van der Waals surface area contributed by atoms with E-state index in [1.165, 1.54) is 6.26 Å². The number of ether oxygens (including phenoxy) is 1. The number of aliphatic carboxylic acids is 1. The summed E-state index contributed by atoms with van der Waals surface area (Å²) in [5.41, 5.74) is 2.52. The van der Waals surface area contributed by atoms with Gasteiger partial charge in [0.25, 0.3) is 0 Å². The topological polar surface area (TPSA) is 109 Å². The molecule has 1 aromatic heterocycles. The molecule has 162 valence electrons. The van der Waals surface area contributed by atoms with Crippen LogP contribution in [0.1, 0.15) is 42.9 Å². The lowest BCUT2D eigenvalue weighted by atomic mass is 9.96. The van der Waals surface area contributed by atoms with Gasteiger partial charge in [0.2, 0.25) is 0 Å². The van der Waals surface area contributed by atoms with Crippen molar-refractivity contribution in [3.63, 3.8) is 0 Å². The van der Waals surface area contributed by atoms with Crippen LogP contribution in [-0.2, 0) is 14.6 Å². The number of carbonyl (C=O) groups is 1. The van der Waals surface area contributed by atoms with Gasteiger partial charge in [-0.2, -0.15) is 5.10 Å². The van der Waals surface area contributed by atoms with E-state index in [2.05, 4.69) is 22.0 Å². The van der Waals surface area contributed by atoms with Crippen LogP contribution in [0.5, 0.6) is 5.75 Å². The maximum atomic E-state index is 11.7. The minimum atomic E-state index is -3.16. The molecule has 1 unspecified atom stereocenters. The van der Waals surface area contributed by atoms with Gasteiger partial charge in [0.05, 0.1) is 29.8 Å². The van der Waals surface area contributed by atoms with Crippen molar-refractivity contribution in [2.24, 2.45) is 0 Å². The molecule has 0 aliphatic carbocycles. The fraction of sp³-hybridized carbons (Fsp3) is 0.304. The number of benzene rings is 2. The van der Waals surface area contributed by atoms with Gasteiger partial charge in [-0.3, -0.25) is 9.89 Å². The Balaban J connectivity index is 1.84. The fourth-order valence-corrected chi connectivity index (χ4v) is 3.96. The first-order chi connectivity index (χ1) is 14.7. The first-order valence-electron chi connectivity index (χ1n) is 9.76. The Kier molecular flexibility index (Phi) is 6.98. The molecule has 0 saturated heterocycles. The van der Waals surface area contributed by atoms with Crippen LogP contribution in [-0.4, -0.2) is 41.7 Å². The molecule has 3 rings (SSSR count). The van der Waals surface area contributed by atoms with Gasteiger partial charge in [0, 0.05) is 18.1 Å². The van der Waals surface area contributed by atoms with Crippen LogP contribution in [0, 0.1) is 11.8 Å². The van der Waals surface area contributed by atoms with E-state index in [0.717, 1.165) is 22.0 Å². The number of rotatable bonds is 9. The number of carboxylic acid groups (broad SMARTS) is 1. The summed E-state index contributed by atoms with van der Waals surface area (Å²) in [4.78, 5) is 11.1. The predicted molar refractivity (Wildman–Crippen MR) is 119 cm³/mol. The van der Waals surface area contributed by atoms with Gasteiger partial charge in [0.1, 0.15) is 21.7 Å². The monoisotopic (exact) mass is 440 g/mol. The van der Waals surface area contributed by atoms with E-state index >= 15 is 0 Å². The van der Waals surface area contributed by atoms with E-state index in [-0.39, 0.29) is 12.2 Å². The second kappa shape index (κ2) is 9.67. The normalized spacial score (nSPS) is 13.2. The Labute approximate surface area is 181 Å². The van der Waals surface area contributed by atoms with Crippen molar-refractivity contribution in [1.82, 2.24) is 10.2 Å². The summed E-state index contributed by atoms with van der Waals surface area (Å²) >= 11 is 0. The molecule has 0 amide bonds. The zero-order chi connectivity index (χ0) is 22.4. The molecule has 2 N–H and O–H groups in total. The molecule has 0 fully saturated rings. The van der Waals surface area contributed by atoms with Crippen LogP contribution < -0.4 is 4.74 Å². The highest BCUT2D eigenvalue weighted by Gasteiger charge is 2.18. The highest BCUT2D eigenvalue weighted by Crippen LogP contribution is 2.29. The molecule has 2 atom stereocenters. The van der Waals surface area contributed by atoms with E-state index in [0.29, 0.717) is 12.2 Å². The second-order valence-corrected chi connectivity index (χ2v) is 9.62. The Hall–Kier alpha value is -3.31. The lowest BCUT2D eigenvalue weighted by Crippen LogP contribution is -2.14. The Morgan fingerprint density at radius 3 is 2.55 bits per heavy atom. The number of aromatic amines is 1. The van der Waals surface area contributed by atoms with Gasteiger partial charge >= 0.3 is 5.97 Å². The Morgan fingerprint density at radius 2 is 1.90 bits per heavy atom. The van der Waals surface area contributed by atoms with Crippen molar-refractivity contribution >= 4 is 26.7 Å². The van der Waals surface area contributed by atoms with Crippen molar-refractivity contribution in [2.45, 2.75) is 31.8 Å². The molecule has 3 aromatic rings. The van der Waals surface area contributed by atoms with Gasteiger partial charge in [-0.1, -0.05) is 24.1 Å². The third-order valence-electron chi connectivity index (χ3n) is 4.84. The summed E-state index contributed by atoms with van der Waals surface area (Å²) in [5.74, 6) is 4.93. The summed E-state index contributed by atoms with van der Waals surface area (Å²) in [7, 11) is -3.16. The van der Waals surface area contributed by atoms with E-state index in [9.17, 15) is 13.2 Å². The van der Waals surface area contributed by atoms with Gasteiger partial charge in [0.15, 0.2) is 0 Å². The maximum absolute atomic E-state index is 11.7. The van der Waals surface area contributed by atoms with Crippen LogP contribution in [0.15, 0.2) is 48.7 Å². The average Bonchev–Trinajstić information content (AvgIpc) is 3.18. The van der Waals surface area contributed by atoms with Gasteiger partial charge < -0.3 is 9.84 Å². The lowest BCUT2D eigenvalue weighted by Gasteiger charge is -2.20. The number of hydrogen-bond acceptors (Lipinski definition) is 5. The number of aromatic nitrogens is 2. The highest BCUT2D eigenvalue weighted by molar-refractivity contribution is 7.90. The molecule has 8 heteroatoms. The fourth-order valence-electron chi connectivity index (χ4n) is 3.32.